The number of carboxylic acids is 1. The molecule has 6 nitrogen and oxygen atoms in total. The van der Waals surface area contributed by atoms with Gasteiger partial charge in [-0.3, -0.25) is 4.90 Å². The van der Waals surface area contributed by atoms with E-state index in [0.717, 1.165) is 0 Å². The maximum Gasteiger partial charge on any atom is 0.411 e. The van der Waals surface area contributed by atoms with Crippen LogP contribution in [0.2, 0.25) is 0 Å². The lowest BCUT2D eigenvalue weighted by Gasteiger charge is -2.25. The predicted octanol–water partition coefficient (Wildman–Crippen LogP) is 0.625. The van der Waals surface area contributed by atoms with Gasteiger partial charge in [-0.2, -0.15) is 0 Å². The highest BCUT2D eigenvalue weighted by Gasteiger charge is 2.50. The van der Waals surface area contributed by atoms with Gasteiger partial charge in [-0.15, -0.1) is 0 Å². The van der Waals surface area contributed by atoms with Crippen molar-refractivity contribution in [3.05, 3.63) is 12.7 Å². The Balaban J connectivity index is 2.11. The Bertz CT molecular complexity index is 343. The van der Waals surface area contributed by atoms with Gasteiger partial charge in [-0.05, 0) is 6.42 Å². The van der Waals surface area contributed by atoms with Crippen molar-refractivity contribution in [1.82, 2.24) is 4.90 Å². The normalized spacial score (nSPS) is 31.1. The van der Waals surface area contributed by atoms with Crippen LogP contribution in [-0.2, 0) is 14.3 Å². The van der Waals surface area contributed by atoms with Crippen molar-refractivity contribution in [3.8, 4) is 0 Å². The van der Waals surface area contributed by atoms with Crippen LogP contribution in [0.3, 0.4) is 0 Å². The second kappa shape index (κ2) is 4.75. The van der Waals surface area contributed by atoms with Gasteiger partial charge < -0.3 is 14.6 Å². The summed E-state index contributed by atoms with van der Waals surface area (Å²) in [5.74, 6) is -1.02. The summed E-state index contributed by atoms with van der Waals surface area (Å²) in [5.41, 5.74) is 0. The number of fused-ring (bicyclic) bond motifs is 1. The van der Waals surface area contributed by atoms with Crippen molar-refractivity contribution in [1.29, 1.82) is 0 Å². The van der Waals surface area contributed by atoms with Gasteiger partial charge in [0, 0.05) is 13.0 Å². The van der Waals surface area contributed by atoms with Gasteiger partial charge >= 0.3 is 12.1 Å². The zero-order valence-corrected chi connectivity index (χ0v) is 9.37. The number of rotatable bonds is 3. The molecule has 2 aliphatic rings. The number of carbonyl (C=O) groups is 2. The van der Waals surface area contributed by atoms with E-state index >= 15 is 0 Å². The van der Waals surface area contributed by atoms with E-state index in [0.29, 0.717) is 19.4 Å². The van der Waals surface area contributed by atoms with E-state index in [1.807, 2.05) is 0 Å². The molecule has 1 N–H and O–H groups in total. The molecule has 0 aromatic carbocycles. The fourth-order valence-corrected chi connectivity index (χ4v) is 2.43. The number of nitrogens with zero attached hydrogens (tertiary/aromatic N) is 1. The highest BCUT2D eigenvalue weighted by Crippen LogP contribution is 2.34. The van der Waals surface area contributed by atoms with Crippen molar-refractivity contribution < 1.29 is 24.2 Å². The Kier molecular flexibility index (Phi) is 3.33. The zero-order valence-electron chi connectivity index (χ0n) is 9.37. The second-order valence-corrected chi connectivity index (χ2v) is 4.13. The first-order chi connectivity index (χ1) is 8.15. The van der Waals surface area contributed by atoms with Gasteiger partial charge in [-0.1, -0.05) is 12.7 Å². The van der Waals surface area contributed by atoms with Crippen LogP contribution >= 0.6 is 0 Å². The number of likely N-dealkylation sites (tertiary alicyclic amines) is 1. The molecule has 0 radical (unpaired) electrons. The van der Waals surface area contributed by atoms with E-state index < -0.39 is 18.1 Å². The van der Waals surface area contributed by atoms with Crippen molar-refractivity contribution >= 4 is 12.1 Å². The number of amides is 1. The lowest BCUT2D eigenvalue weighted by Crippen LogP contribution is -2.45. The molecule has 0 bridgehead atoms. The van der Waals surface area contributed by atoms with E-state index in [4.69, 9.17) is 14.6 Å². The topological polar surface area (TPSA) is 76.1 Å². The fraction of sp³-hybridized carbons (Fsp3) is 0.636. The molecule has 0 aliphatic carbocycles. The smallest absolute Gasteiger partial charge is 0.411 e. The Hall–Kier alpha value is -1.56. The Morgan fingerprint density at radius 3 is 3.00 bits per heavy atom. The highest BCUT2D eigenvalue weighted by atomic mass is 16.6. The summed E-state index contributed by atoms with van der Waals surface area (Å²) < 4.78 is 10.3. The SMILES string of the molecule is C=CCOC(=O)N1C(C(=O)O)C[C@@H]2OCC[C@@H]21. The largest absolute Gasteiger partial charge is 0.480 e. The number of ether oxygens (including phenoxy) is 2. The first kappa shape index (κ1) is 11.9. The Morgan fingerprint density at radius 2 is 2.35 bits per heavy atom. The zero-order chi connectivity index (χ0) is 12.4. The first-order valence-corrected chi connectivity index (χ1v) is 5.55. The van der Waals surface area contributed by atoms with E-state index in [1.54, 1.807) is 0 Å². The van der Waals surface area contributed by atoms with Gasteiger partial charge in [0.25, 0.3) is 0 Å². The van der Waals surface area contributed by atoms with E-state index in [-0.39, 0.29) is 18.8 Å². The third-order valence-corrected chi connectivity index (χ3v) is 3.14. The maximum absolute atomic E-state index is 11.8. The molecule has 0 aromatic heterocycles. The van der Waals surface area contributed by atoms with Crippen molar-refractivity contribution in [2.24, 2.45) is 0 Å². The van der Waals surface area contributed by atoms with Crippen LogP contribution in [0.5, 0.6) is 0 Å². The quantitative estimate of drug-likeness (QED) is 0.733. The van der Waals surface area contributed by atoms with Crippen LogP contribution in [0.25, 0.3) is 0 Å². The summed E-state index contributed by atoms with van der Waals surface area (Å²) in [7, 11) is 0. The minimum absolute atomic E-state index is 0.0833. The standard InChI is InChI=1S/C11H15NO5/c1-2-4-17-11(15)12-7-3-5-16-9(7)6-8(12)10(13)14/h2,7-9H,1,3-6H2,(H,13,14)/t7-,8?,9-/m0/s1. The van der Waals surface area contributed by atoms with Gasteiger partial charge in [-0.25, -0.2) is 9.59 Å². The summed E-state index contributed by atoms with van der Waals surface area (Å²) in [6, 6.07) is -1.02. The maximum atomic E-state index is 11.8. The minimum Gasteiger partial charge on any atom is -0.480 e. The molecule has 0 aromatic rings. The summed E-state index contributed by atoms with van der Waals surface area (Å²) in [5, 5.41) is 9.09. The van der Waals surface area contributed by atoms with Gasteiger partial charge in [0.1, 0.15) is 12.6 Å². The van der Waals surface area contributed by atoms with Crippen LogP contribution in [0.15, 0.2) is 12.7 Å². The first-order valence-electron chi connectivity index (χ1n) is 5.55. The summed E-state index contributed by atoms with van der Waals surface area (Å²) in [6.07, 6.45) is 1.68. The lowest BCUT2D eigenvalue weighted by atomic mass is 10.1. The highest BCUT2D eigenvalue weighted by molar-refractivity contribution is 5.81. The average Bonchev–Trinajstić information content (AvgIpc) is 2.84. The van der Waals surface area contributed by atoms with Gasteiger partial charge in [0.15, 0.2) is 0 Å². The second-order valence-electron chi connectivity index (χ2n) is 4.13. The van der Waals surface area contributed by atoms with E-state index in [1.165, 1.54) is 11.0 Å². The van der Waals surface area contributed by atoms with Crippen LogP contribution < -0.4 is 0 Å². The molecule has 2 rings (SSSR count). The van der Waals surface area contributed by atoms with Crippen LogP contribution in [0.1, 0.15) is 12.8 Å². The Morgan fingerprint density at radius 1 is 1.59 bits per heavy atom. The van der Waals surface area contributed by atoms with Crippen molar-refractivity contribution in [3.63, 3.8) is 0 Å². The third kappa shape index (κ3) is 2.12. The number of carboxylic acid groups (broad SMARTS) is 1. The van der Waals surface area contributed by atoms with Crippen LogP contribution in [0.4, 0.5) is 4.79 Å². The molecule has 2 fully saturated rings. The molecule has 1 amide bonds. The van der Waals surface area contributed by atoms with Crippen molar-refractivity contribution in [2.75, 3.05) is 13.2 Å². The minimum atomic E-state index is -1.02. The molecule has 2 aliphatic heterocycles. The molecule has 6 heteroatoms. The number of hydrogen-bond donors (Lipinski definition) is 1. The third-order valence-electron chi connectivity index (χ3n) is 3.14. The fourth-order valence-electron chi connectivity index (χ4n) is 2.43. The van der Waals surface area contributed by atoms with Gasteiger partial charge in [0.05, 0.1) is 12.1 Å². The lowest BCUT2D eigenvalue weighted by molar-refractivity contribution is -0.142. The van der Waals surface area contributed by atoms with Gasteiger partial charge in [0.2, 0.25) is 0 Å². The molecular formula is C11H15NO5. The molecule has 2 heterocycles. The average molecular weight is 241 g/mol. The number of carbonyl (C=O) groups excluding carboxylic acids is 1. The molecule has 94 valence electrons. The Labute approximate surface area is 98.8 Å². The molecule has 0 spiro atoms. The molecule has 3 atom stereocenters. The molecule has 17 heavy (non-hydrogen) atoms. The molecule has 2 saturated heterocycles. The number of hydrogen-bond acceptors (Lipinski definition) is 4. The molecule has 0 saturated carbocycles. The monoisotopic (exact) mass is 241 g/mol. The molecule has 1 unspecified atom stereocenters. The predicted molar refractivity (Wildman–Crippen MR) is 57.6 cm³/mol. The number of aliphatic carboxylic acids is 1. The van der Waals surface area contributed by atoms with Crippen molar-refractivity contribution in [2.45, 2.75) is 31.0 Å². The van der Waals surface area contributed by atoms with Crippen LogP contribution in [-0.4, -0.2) is 53.5 Å². The summed E-state index contributed by atoms with van der Waals surface area (Å²) in [4.78, 5) is 24.2. The summed E-state index contributed by atoms with van der Waals surface area (Å²) >= 11 is 0. The molecular weight excluding hydrogens is 226 g/mol. The van der Waals surface area contributed by atoms with E-state index in [9.17, 15) is 9.59 Å². The van der Waals surface area contributed by atoms with Crippen LogP contribution in [0, 0.1) is 0 Å². The van der Waals surface area contributed by atoms with E-state index in [2.05, 4.69) is 6.58 Å². The summed E-state index contributed by atoms with van der Waals surface area (Å²) in [6.45, 7) is 4.09.